The molecule has 0 bridgehead atoms. The normalized spacial score (nSPS) is 12.4. The maximum absolute atomic E-state index is 11.7. The molecule has 0 saturated carbocycles. The topological polar surface area (TPSA) is 40.1 Å². The van der Waals surface area contributed by atoms with Crippen LogP contribution < -0.4 is 5.11 Å². The molecule has 18 heavy (non-hydrogen) atoms. The predicted octanol–water partition coefficient (Wildman–Crippen LogP) is 1.91. The molecule has 1 radical (unpaired) electrons. The first kappa shape index (κ1) is 22.4. The van der Waals surface area contributed by atoms with Crippen molar-refractivity contribution in [1.29, 1.82) is 0 Å². The molecule has 0 saturated heterocycles. The van der Waals surface area contributed by atoms with Gasteiger partial charge in [0, 0.05) is 16.5 Å². The minimum Gasteiger partial charge on any atom is -0.544 e. The van der Waals surface area contributed by atoms with Gasteiger partial charge < -0.3 is 9.90 Å². The summed E-state index contributed by atoms with van der Waals surface area (Å²) >= 11 is 0. The predicted molar refractivity (Wildman–Crippen MR) is 27.5 cm³/mol. The first-order chi connectivity index (χ1) is 7.18. The minimum atomic E-state index is -6.64. The van der Waals surface area contributed by atoms with Gasteiger partial charge in [0.05, 0.1) is 0 Å². The van der Waals surface area contributed by atoms with Gasteiger partial charge in [-0.15, -0.1) is 0 Å². The van der Waals surface area contributed by atoms with Gasteiger partial charge in [-0.05, 0) is 0 Å². The van der Waals surface area contributed by atoms with Gasteiger partial charge in [0.1, 0.15) is 5.97 Å². The second-order valence-electron chi connectivity index (χ2n) is 2.15. The van der Waals surface area contributed by atoms with Gasteiger partial charge in [0.15, 0.2) is 0 Å². The van der Waals surface area contributed by atoms with Crippen molar-refractivity contribution in [1.82, 2.24) is 0 Å². The molecule has 0 aromatic rings. The molecule has 0 aliphatic heterocycles. The molecule has 0 spiro atoms. The Morgan fingerprint density at radius 1 is 0.833 bits per heavy atom. The summed E-state index contributed by atoms with van der Waals surface area (Å²) in [7, 11) is 0. The van der Waals surface area contributed by atoms with Gasteiger partial charge in [-0.2, -0.15) is 43.9 Å². The average molecular weight is 341 g/mol. The molecule has 0 fully saturated rings. The number of carboxylic acid groups (broad SMARTS) is 1. The van der Waals surface area contributed by atoms with Gasteiger partial charge in [-0.3, -0.25) is 0 Å². The molecule has 0 unspecified atom stereocenters. The molecule has 0 aliphatic rings. The number of alkyl halides is 7. The summed E-state index contributed by atoms with van der Waals surface area (Å²) in [5, 5.41) is 9.27. The van der Waals surface area contributed by atoms with Gasteiger partial charge in [0.25, 0.3) is 0 Å². The van der Waals surface area contributed by atoms with E-state index in [0.717, 1.165) is 0 Å². The van der Waals surface area contributed by atoms with Crippen molar-refractivity contribution in [3.8, 4) is 0 Å². The zero-order valence-corrected chi connectivity index (χ0v) is 8.40. The number of rotatable bonds is 2. The fourth-order valence-electron chi connectivity index (χ4n) is 0.306. The Kier molecular flexibility index (Phi) is 8.73. The monoisotopic (exact) mass is 340 g/mol. The molecular formula is C5F10NiO2-. The van der Waals surface area contributed by atoms with E-state index in [0.29, 0.717) is 0 Å². The SMILES string of the molecule is F[C](F)F.O=C([O-])C(F)(F)C(F)(F)C(F)(F)F.[Ni]. The minimum absolute atomic E-state index is 0. The van der Waals surface area contributed by atoms with E-state index in [4.69, 9.17) is 0 Å². The van der Waals surface area contributed by atoms with Gasteiger partial charge in [0.2, 0.25) is 0 Å². The fraction of sp³-hybridized carbons (Fsp3) is 0.600. The van der Waals surface area contributed by atoms with Crippen molar-refractivity contribution in [3.05, 3.63) is 6.68 Å². The summed E-state index contributed by atoms with van der Waals surface area (Å²) in [6.45, 7) is -3.08. The Labute approximate surface area is 102 Å². The van der Waals surface area contributed by atoms with Crippen LogP contribution in [0.25, 0.3) is 0 Å². The molecule has 113 valence electrons. The molecule has 0 aromatic carbocycles. The third-order valence-electron chi connectivity index (χ3n) is 1.01. The van der Waals surface area contributed by atoms with Gasteiger partial charge >= 0.3 is 24.7 Å². The van der Waals surface area contributed by atoms with Crippen LogP contribution in [0.2, 0.25) is 0 Å². The molecule has 0 aromatic heterocycles. The quantitative estimate of drug-likeness (QED) is 0.569. The molecule has 0 amide bonds. The molecule has 0 heterocycles. The zero-order chi connectivity index (χ0) is 14.7. The third kappa shape index (κ3) is 5.74. The number of halogens is 10. The first-order valence-corrected chi connectivity index (χ1v) is 3.05. The van der Waals surface area contributed by atoms with E-state index in [1.54, 1.807) is 0 Å². The standard InChI is InChI=1S/C4HF7O2.CF3.Ni/c5-2(6,1(12)13)3(7,8)4(9,10)11;2-1(3)4;/h(H,12,13);;/p-1. The molecule has 0 aliphatic carbocycles. The van der Waals surface area contributed by atoms with Crippen LogP contribution in [-0.4, -0.2) is 24.0 Å². The third-order valence-corrected chi connectivity index (χ3v) is 1.01. The van der Waals surface area contributed by atoms with Gasteiger partial charge in [-0.25, -0.2) is 0 Å². The largest absolute Gasteiger partial charge is 0.544 e. The van der Waals surface area contributed by atoms with Crippen LogP contribution in [0.1, 0.15) is 0 Å². The summed E-state index contributed by atoms with van der Waals surface area (Å²) in [6, 6.07) is 0. The van der Waals surface area contributed by atoms with Gasteiger partial charge in [-0.1, -0.05) is 0 Å². The number of carboxylic acids is 1. The van der Waals surface area contributed by atoms with E-state index in [9.17, 15) is 53.8 Å². The second kappa shape index (κ2) is 7.00. The maximum Gasteiger partial charge on any atom is 0.487 e. The van der Waals surface area contributed by atoms with Crippen molar-refractivity contribution in [2.75, 3.05) is 0 Å². The molecule has 0 N–H and O–H groups in total. The summed E-state index contributed by atoms with van der Waals surface area (Å²) in [5.74, 6) is -16.7. The number of carbonyl (C=O) groups excluding carboxylic acids is 1. The molecule has 13 heteroatoms. The second-order valence-corrected chi connectivity index (χ2v) is 2.15. The van der Waals surface area contributed by atoms with Crippen LogP contribution >= 0.6 is 0 Å². The zero-order valence-electron chi connectivity index (χ0n) is 7.41. The van der Waals surface area contributed by atoms with Crippen molar-refractivity contribution in [2.24, 2.45) is 0 Å². The smallest absolute Gasteiger partial charge is 0.487 e. The van der Waals surface area contributed by atoms with Crippen molar-refractivity contribution < 1.29 is 70.3 Å². The number of aliphatic carboxylic acids is 1. The molecule has 0 rings (SSSR count). The van der Waals surface area contributed by atoms with Crippen molar-refractivity contribution >= 4 is 5.97 Å². The Bertz CT molecular complexity index is 259. The summed E-state index contributed by atoms with van der Waals surface area (Å²) in [5.41, 5.74) is 0. The van der Waals surface area contributed by atoms with E-state index >= 15 is 0 Å². The fourth-order valence-corrected chi connectivity index (χ4v) is 0.306. The van der Waals surface area contributed by atoms with E-state index in [1.165, 1.54) is 0 Å². The maximum atomic E-state index is 11.7. The van der Waals surface area contributed by atoms with Crippen LogP contribution in [0.5, 0.6) is 0 Å². The summed E-state index contributed by atoms with van der Waals surface area (Å²) < 4.78 is 109. The summed E-state index contributed by atoms with van der Waals surface area (Å²) in [6.07, 6.45) is -6.64. The number of hydrogen-bond acceptors (Lipinski definition) is 2. The average Bonchev–Trinajstić information content (AvgIpc) is 1.99. The number of carbonyl (C=O) groups is 1. The van der Waals surface area contributed by atoms with E-state index in [2.05, 4.69) is 0 Å². The Hall–Kier alpha value is -0.736. The van der Waals surface area contributed by atoms with E-state index in [1.807, 2.05) is 0 Å². The summed E-state index contributed by atoms with van der Waals surface area (Å²) in [4.78, 5) is 9.27. The Morgan fingerprint density at radius 2 is 1.06 bits per heavy atom. The molecule has 2 nitrogen and oxygen atoms in total. The molecule has 0 atom stereocenters. The van der Waals surface area contributed by atoms with E-state index in [-0.39, 0.29) is 16.5 Å². The van der Waals surface area contributed by atoms with Crippen LogP contribution in [0.4, 0.5) is 43.9 Å². The number of hydrogen-bond donors (Lipinski definition) is 0. The first-order valence-electron chi connectivity index (χ1n) is 3.05. The van der Waals surface area contributed by atoms with E-state index < -0.39 is 30.7 Å². The van der Waals surface area contributed by atoms with Crippen LogP contribution in [-0.2, 0) is 21.3 Å². The Balaban J connectivity index is -0.000000392. The van der Waals surface area contributed by atoms with Crippen LogP contribution in [0.15, 0.2) is 0 Å². The van der Waals surface area contributed by atoms with Crippen molar-refractivity contribution in [3.63, 3.8) is 0 Å². The van der Waals surface area contributed by atoms with Crippen LogP contribution in [0, 0.1) is 6.68 Å². The van der Waals surface area contributed by atoms with Crippen LogP contribution in [0.3, 0.4) is 0 Å². The van der Waals surface area contributed by atoms with Crippen molar-refractivity contribution in [2.45, 2.75) is 18.0 Å². The molecular weight excluding hydrogens is 341 g/mol. The Morgan fingerprint density at radius 3 is 1.11 bits per heavy atom.